The molecule has 0 saturated heterocycles. The van der Waals surface area contributed by atoms with Gasteiger partial charge in [0.15, 0.2) is 5.13 Å². The van der Waals surface area contributed by atoms with Crippen LogP contribution in [0.25, 0.3) is 10.2 Å². The molecule has 0 saturated carbocycles. The fourth-order valence-corrected chi connectivity index (χ4v) is 4.07. The van der Waals surface area contributed by atoms with Crippen LogP contribution in [-0.2, 0) is 0 Å². The molecular formula is C18H20N4OS2. The number of hydrogen-bond acceptors (Lipinski definition) is 6. The number of nitrogens with zero attached hydrogens (tertiary/aromatic N) is 3. The molecule has 2 aromatic heterocycles. The van der Waals surface area contributed by atoms with Crippen LogP contribution in [0.5, 0.6) is 0 Å². The lowest BCUT2D eigenvalue weighted by molar-refractivity contribution is 0.102. The van der Waals surface area contributed by atoms with E-state index >= 15 is 0 Å². The van der Waals surface area contributed by atoms with E-state index in [1.54, 1.807) is 0 Å². The zero-order chi connectivity index (χ0) is 18.1. The van der Waals surface area contributed by atoms with Crippen LogP contribution in [0.2, 0.25) is 0 Å². The van der Waals surface area contributed by atoms with Crippen LogP contribution in [-0.4, -0.2) is 27.1 Å². The van der Waals surface area contributed by atoms with E-state index in [0.29, 0.717) is 21.4 Å². The molecule has 0 aliphatic heterocycles. The largest absolute Gasteiger partial charge is 0.298 e. The summed E-state index contributed by atoms with van der Waals surface area (Å²) in [5.41, 5.74) is 3.27. The highest BCUT2D eigenvalue weighted by atomic mass is 32.2. The normalized spacial score (nSPS) is 11.3. The van der Waals surface area contributed by atoms with Gasteiger partial charge in [-0.05, 0) is 37.8 Å². The highest BCUT2D eigenvalue weighted by Crippen LogP contribution is 2.28. The summed E-state index contributed by atoms with van der Waals surface area (Å²) in [5.74, 6) is 0.760. The number of thioether (sulfide) groups is 1. The maximum atomic E-state index is 12.8. The highest BCUT2D eigenvalue weighted by Gasteiger charge is 2.20. The van der Waals surface area contributed by atoms with Crippen LogP contribution in [0.3, 0.4) is 0 Å². The first kappa shape index (κ1) is 17.8. The lowest BCUT2D eigenvalue weighted by Crippen LogP contribution is -2.17. The highest BCUT2D eigenvalue weighted by molar-refractivity contribution is 7.98. The summed E-state index contributed by atoms with van der Waals surface area (Å²) in [4.78, 5) is 26.3. The third kappa shape index (κ3) is 3.67. The Morgan fingerprint density at radius 2 is 1.96 bits per heavy atom. The Labute approximate surface area is 155 Å². The first-order valence-electron chi connectivity index (χ1n) is 8.00. The fourth-order valence-electron chi connectivity index (χ4n) is 2.48. The molecule has 0 aliphatic carbocycles. The Bertz CT molecular complexity index is 950. The second-order valence-electron chi connectivity index (χ2n) is 6.15. The standard InChI is InChI=1S/C18H20N4OS2/c1-9(2)15-19-11(4)14(17(21-15)24-5)16(23)22-18-20-12-7-6-10(3)8-13(12)25-18/h6-9H,1-5H3,(H,20,22,23). The van der Waals surface area contributed by atoms with Crippen molar-refractivity contribution < 1.29 is 4.79 Å². The van der Waals surface area contributed by atoms with Crippen molar-refractivity contribution in [3.8, 4) is 0 Å². The molecule has 0 radical (unpaired) electrons. The van der Waals surface area contributed by atoms with E-state index in [4.69, 9.17) is 0 Å². The van der Waals surface area contributed by atoms with Crippen molar-refractivity contribution >= 4 is 44.4 Å². The molecular weight excluding hydrogens is 352 g/mol. The quantitative estimate of drug-likeness (QED) is 0.526. The van der Waals surface area contributed by atoms with E-state index in [-0.39, 0.29) is 11.8 Å². The number of benzene rings is 1. The molecule has 0 atom stereocenters. The van der Waals surface area contributed by atoms with Crippen molar-refractivity contribution in [1.82, 2.24) is 15.0 Å². The Kier molecular flexibility index (Phi) is 5.06. The zero-order valence-corrected chi connectivity index (χ0v) is 16.5. The van der Waals surface area contributed by atoms with Gasteiger partial charge in [-0.25, -0.2) is 15.0 Å². The SMILES string of the molecule is CSc1nc(C(C)C)nc(C)c1C(=O)Nc1nc2ccc(C)cc2s1. The maximum Gasteiger partial charge on any atom is 0.262 e. The van der Waals surface area contributed by atoms with E-state index in [2.05, 4.69) is 26.3 Å². The van der Waals surface area contributed by atoms with Crippen molar-refractivity contribution in [2.45, 2.75) is 38.6 Å². The minimum Gasteiger partial charge on any atom is -0.298 e. The number of aromatic nitrogens is 3. The average molecular weight is 373 g/mol. The molecule has 0 fully saturated rings. The van der Waals surface area contributed by atoms with E-state index in [9.17, 15) is 4.79 Å². The van der Waals surface area contributed by atoms with Crippen LogP contribution >= 0.6 is 23.1 Å². The van der Waals surface area contributed by atoms with Crippen molar-refractivity contribution in [3.05, 3.63) is 40.8 Å². The van der Waals surface area contributed by atoms with Crippen molar-refractivity contribution in [2.75, 3.05) is 11.6 Å². The summed E-state index contributed by atoms with van der Waals surface area (Å²) in [6.45, 7) is 7.98. The van der Waals surface area contributed by atoms with Crippen molar-refractivity contribution in [1.29, 1.82) is 0 Å². The summed E-state index contributed by atoms with van der Waals surface area (Å²) >= 11 is 2.93. The van der Waals surface area contributed by atoms with Crippen molar-refractivity contribution in [2.24, 2.45) is 0 Å². The summed E-state index contributed by atoms with van der Waals surface area (Å²) in [5, 5.41) is 4.19. The van der Waals surface area contributed by atoms with Crippen LogP contribution in [0.15, 0.2) is 23.2 Å². The molecule has 0 spiro atoms. The average Bonchev–Trinajstić information content (AvgIpc) is 2.94. The second-order valence-corrected chi connectivity index (χ2v) is 7.98. The van der Waals surface area contributed by atoms with E-state index in [1.807, 2.05) is 46.1 Å². The predicted octanol–water partition coefficient (Wildman–Crippen LogP) is 4.80. The van der Waals surface area contributed by atoms with Gasteiger partial charge >= 0.3 is 0 Å². The molecule has 1 aromatic carbocycles. The lowest BCUT2D eigenvalue weighted by Gasteiger charge is -2.12. The maximum absolute atomic E-state index is 12.8. The van der Waals surface area contributed by atoms with Gasteiger partial charge in [-0.2, -0.15) is 0 Å². The number of rotatable bonds is 4. The molecule has 25 heavy (non-hydrogen) atoms. The molecule has 130 valence electrons. The van der Waals surface area contributed by atoms with Gasteiger partial charge in [-0.3, -0.25) is 10.1 Å². The third-order valence-electron chi connectivity index (χ3n) is 3.78. The minimum atomic E-state index is -0.215. The molecule has 1 N–H and O–H groups in total. The monoisotopic (exact) mass is 372 g/mol. The molecule has 3 aromatic rings. The number of nitrogens with one attached hydrogen (secondary N) is 1. The number of hydrogen-bond donors (Lipinski definition) is 1. The van der Waals surface area contributed by atoms with Gasteiger partial charge < -0.3 is 0 Å². The predicted molar refractivity (Wildman–Crippen MR) is 105 cm³/mol. The van der Waals surface area contributed by atoms with Gasteiger partial charge in [0.2, 0.25) is 0 Å². The van der Waals surface area contributed by atoms with E-state index in [0.717, 1.165) is 16.0 Å². The smallest absolute Gasteiger partial charge is 0.262 e. The molecule has 3 rings (SSSR count). The van der Waals surface area contributed by atoms with E-state index < -0.39 is 0 Å². The first-order valence-corrected chi connectivity index (χ1v) is 10.0. The summed E-state index contributed by atoms with van der Waals surface area (Å²) in [6, 6.07) is 6.06. The Morgan fingerprint density at radius 1 is 1.20 bits per heavy atom. The number of carbonyl (C=O) groups excluding carboxylic acids is 1. The number of carbonyl (C=O) groups is 1. The number of aryl methyl sites for hydroxylation is 2. The Balaban J connectivity index is 1.94. The lowest BCUT2D eigenvalue weighted by atomic mass is 10.1. The second kappa shape index (κ2) is 7.09. The Morgan fingerprint density at radius 3 is 2.64 bits per heavy atom. The molecule has 0 unspecified atom stereocenters. The first-order chi connectivity index (χ1) is 11.9. The van der Waals surface area contributed by atoms with Crippen molar-refractivity contribution in [3.63, 3.8) is 0 Å². The number of amides is 1. The molecule has 1 amide bonds. The summed E-state index contributed by atoms with van der Waals surface area (Å²) in [6.07, 6.45) is 1.92. The van der Waals surface area contributed by atoms with Gasteiger partial charge in [-0.1, -0.05) is 31.3 Å². The molecule has 0 aliphatic rings. The van der Waals surface area contributed by atoms with E-state index in [1.165, 1.54) is 28.7 Å². The number of anilines is 1. The summed E-state index contributed by atoms with van der Waals surface area (Å²) in [7, 11) is 0. The van der Waals surface area contributed by atoms with Gasteiger partial charge in [0.05, 0.1) is 21.5 Å². The third-order valence-corrected chi connectivity index (χ3v) is 5.39. The number of thiazole rings is 1. The fraction of sp³-hybridized carbons (Fsp3) is 0.333. The van der Waals surface area contributed by atoms with Gasteiger partial charge in [0.1, 0.15) is 10.9 Å². The van der Waals surface area contributed by atoms with Crippen LogP contribution < -0.4 is 5.32 Å². The molecule has 5 nitrogen and oxygen atoms in total. The minimum absolute atomic E-state index is 0.215. The molecule has 2 heterocycles. The number of fused-ring (bicyclic) bond motifs is 1. The van der Waals surface area contributed by atoms with Gasteiger partial charge in [-0.15, -0.1) is 11.8 Å². The van der Waals surface area contributed by atoms with Crippen LogP contribution in [0.1, 0.15) is 47.2 Å². The van der Waals surface area contributed by atoms with Gasteiger partial charge in [0.25, 0.3) is 5.91 Å². The van der Waals surface area contributed by atoms with Crippen LogP contribution in [0.4, 0.5) is 5.13 Å². The summed E-state index contributed by atoms with van der Waals surface area (Å²) < 4.78 is 1.06. The molecule has 7 heteroatoms. The Hall–Kier alpha value is -1.99. The van der Waals surface area contributed by atoms with Crippen LogP contribution in [0, 0.1) is 13.8 Å². The van der Waals surface area contributed by atoms with Gasteiger partial charge in [0, 0.05) is 5.92 Å². The molecule has 0 bridgehead atoms. The topological polar surface area (TPSA) is 67.8 Å². The zero-order valence-electron chi connectivity index (χ0n) is 14.9.